The molecule has 1 aromatic rings. The van der Waals surface area contributed by atoms with Gasteiger partial charge in [-0.05, 0) is 31.5 Å². The van der Waals surface area contributed by atoms with Gasteiger partial charge in [-0.25, -0.2) is 0 Å². The molecular weight excluding hydrogens is 202 g/mol. The van der Waals surface area contributed by atoms with Gasteiger partial charge in [-0.3, -0.25) is 0 Å². The molecule has 1 N–H and O–H groups in total. The van der Waals surface area contributed by atoms with Crippen LogP contribution in [0.4, 0.5) is 0 Å². The predicted molar refractivity (Wildman–Crippen MR) is 69.6 cm³/mol. The topological polar surface area (TPSA) is 12.0 Å². The predicted octanol–water partition coefficient (Wildman–Crippen LogP) is 3.33. The van der Waals surface area contributed by atoms with Gasteiger partial charge in [-0.1, -0.05) is 31.5 Å². The lowest BCUT2D eigenvalue weighted by Crippen LogP contribution is -2.21. The first-order chi connectivity index (χ1) is 7.18. The number of rotatable bonds is 6. The molecule has 15 heavy (non-hydrogen) atoms. The third-order valence-electron chi connectivity index (χ3n) is 2.12. The van der Waals surface area contributed by atoms with Crippen LogP contribution in [0.2, 0.25) is 0 Å². The molecule has 0 aromatic heterocycles. The van der Waals surface area contributed by atoms with E-state index in [-0.39, 0.29) is 0 Å². The smallest absolute Gasteiger partial charge is 0.0106 e. The molecule has 0 amide bonds. The Balaban J connectivity index is 2.12. The lowest BCUT2D eigenvalue weighted by Gasteiger charge is -2.07. The highest BCUT2D eigenvalue weighted by Gasteiger charge is 1.95. The molecule has 0 bridgehead atoms. The average molecular weight is 223 g/mol. The van der Waals surface area contributed by atoms with E-state index in [0.717, 1.165) is 24.8 Å². The minimum Gasteiger partial charge on any atom is -0.316 e. The van der Waals surface area contributed by atoms with Gasteiger partial charge in [0.15, 0.2) is 0 Å². The number of hydrogen-bond acceptors (Lipinski definition) is 2. The number of aryl methyl sites for hydroxylation is 1. The molecule has 0 saturated carbocycles. The molecule has 0 heterocycles. The quantitative estimate of drug-likeness (QED) is 0.586. The summed E-state index contributed by atoms with van der Waals surface area (Å²) in [5.41, 5.74) is 1.33. The second-order valence-corrected chi connectivity index (χ2v) is 5.43. The van der Waals surface area contributed by atoms with Crippen LogP contribution in [0.3, 0.4) is 0 Å². The summed E-state index contributed by atoms with van der Waals surface area (Å²) in [6, 6.07) is 8.73. The number of benzene rings is 1. The van der Waals surface area contributed by atoms with Crippen LogP contribution in [0.25, 0.3) is 0 Å². The number of hydrogen-bond donors (Lipinski definition) is 1. The summed E-state index contributed by atoms with van der Waals surface area (Å²) in [7, 11) is 0. The highest BCUT2D eigenvalue weighted by molar-refractivity contribution is 7.99. The van der Waals surface area contributed by atoms with E-state index in [0.29, 0.717) is 0 Å². The molecule has 0 saturated heterocycles. The van der Waals surface area contributed by atoms with Crippen LogP contribution >= 0.6 is 11.8 Å². The minimum absolute atomic E-state index is 0.745. The van der Waals surface area contributed by atoms with E-state index in [4.69, 9.17) is 0 Å². The van der Waals surface area contributed by atoms with Crippen molar-refractivity contribution >= 4 is 11.8 Å². The fourth-order valence-electron chi connectivity index (χ4n) is 1.27. The van der Waals surface area contributed by atoms with Crippen molar-refractivity contribution in [2.45, 2.75) is 25.7 Å². The Labute approximate surface area is 97.7 Å². The largest absolute Gasteiger partial charge is 0.316 e. The van der Waals surface area contributed by atoms with E-state index in [1.807, 2.05) is 11.8 Å². The molecule has 0 radical (unpaired) electrons. The number of thioether (sulfide) groups is 1. The molecule has 1 aromatic carbocycles. The van der Waals surface area contributed by atoms with Gasteiger partial charge in [-0.15, -0.1) is 11.8 Å². The summed E-state index contributed by atoms with van der Waals surface area (Å²) in [6.45, 7) is 8.81. The zero-order valence-electron chi connectivity index (χ0n) is 9.92. The standard InChI is InChI=1S/C13H21NS/c1-11(2)10-14-8-9-15-13-6-4-12(3)5-7-13/h4-7,11,14H,8-10H2,1-3H3. The van der Waals surface area contributed by atoms with E-state index in [1.165, 1.54) is 10.5 Å². The summed E-state index contributed by atoms with van der Waals surface area (Å²) in [6.07, 6.45) is 0. The Kier molecular flexibility index (Phi) is 5.81. The Bertz CT molecular complexity index is 266. The molecule has 0 aliphatic carbocycles. The zero-order valence-corrected chi connectivity index (χ0v) is 10.7. The van der Waals surface area contributed by atoms with Crippen molar-refractivity contribution in [3.05, 3.63) is 29.8 Å². The fourth-order valence-corrected chi connectivity index (χ4v) is 2.08. The van der Waals surface area contributed by atoms with E-state index in [9.17, 15) is 0 Å². The molecule has 0 unspecified atom stereocenters. The van der Waals surface area contributed by atoms with Crippen LogP contribution < -0.4 is 5.32 Å². The summed E-state index contributed by atoms with van der Waals surface area (Å²) in [5.74, 6) is 1.89. The monoisotopic (exact) mass is 223 g/mol. The summed E-state index contributed by atoms with van der Waals surface area (Å²) < 4.78 is 0. The Morgan fingerprint density at radius 1 is 1.20 bits per heavy atom. The molecule has 0 atom stereocenters. The van der Waals surface area contributed by atoms with Gasteiger partial charge in [0.05, 0.1) is 0 Å². The lowest BCUT2D eigenvalue weighted by molar-refractivity contribution is 0.568. The number of nitrogens with one attached hydrogen (secondary N) is 1. The summed E-state index contributed by atoms with van der Waals surface area (Å²) >= 11 is 1.92. The summed E-state index contributed by atoms with van der Waals surface area (Å²) in [5, 5.41) is 3.45. The molecular formula is C13H21NS. The van der Waals surface area contributed by atoms with E-state index in [2.05, 4.69) is 50.4 Å². The first-order valence-corrected chi connectivity index (χ1v) is 6.57. The molecule has 0 fully saturated rings. The van der Waals surface area contributed by atoms with Gasteiger partial charge >= 0.3 is 0 Å². The third kappa shape index (κ3) is 5.85. The normalized spacial score (nSPS) is 10.9. The maximum absolute atomic E-state index is 3.45. The SMILES string of the molecule is Cc1ccc(SCCNCC(C)C)cc1. The lowest BCUT2D eigenvalue weighted by atomic mass is 10.2. The Morgan fingerprint density at radius 3 is 2.47 bits per heavy atom. The molecule has 0 aliphatic heterocycles. The second kappa shape index (κ2) is 6.91. The van der Waals surface area contributed by atoms with Crippen molar-refractivity contribution in [1.82, 2.24) is 5.32 Å². The van der Waals surface area contributed by atoms with Crippen molar-refractivity contribution < 1.29 is 0 Å². The van der Waals surface area contributed by atoms with Gasteiger partial charge in [0.2, 0.25) is 0 Å². The van der Waals surface area contributed by atoms with Crippen LogP contribution in [-0.4, -0.2) is 18.8 Å². The average Bonchev–Trinajstić information content (AvgIpc) is 2.20. The highest BCUT2D eigenvalue weighted by atomic mass is 32.2. The second-order valence-electron chi connectivity index (χ2n) is 4.26. The van der Waals surface area contributed by atoms with Gasteiger partial charge < -0.3 is 5.32 Å². The first kappa shape index (κ1) is 12.6. The highest BCUT2D eigenvalue weighted by Crippen LogP contribution is 2.17. The van der Waals surface area contributed by atoms with Crippen LogP contribution in [0.15, 0.2) is 29.2 Å². The van der Waals surface area contributed by atoms with Crippen molar-refractivity contribution in [3.63, 3.8) is 0 Å². The minimum atomic E-state index is 0.745. The molecule has 2 heteroatoms. The summed E-state index contributed by atoms with van der Waals surface area (Å²) in [4.78, 5) is 1.37. The van der Waals surface area contributed by atoms with E-state index < -0.39 is 0 Å². The molecule has 0 aliphatic rings. The van der Waals surface area contributed by atoms with Crippen LogP contribution in [0.1, 0.15) is 19.4 Å². The molecule has 1 rings (SSSR count). The van der Waals surface area contributed by atoms with Crippen molar-refractivity contribution in [2.75, 3.05) is 18.8 Å². The van der Waals surface area contributed by atoms with E-state index in [1.54, 1.807) is 0 Å². The molecule has 1 nitrogen and oxygen atoms in total. The van der Waals surface area contributed by atoms with Gasteiger partial charge in [0.1, 0.15) is 0 Å². The van der Waals surface area contributed by atoms with Crippen molar-refractivity contribution in [3.8, 4) is 0 Å². The van der Waals surface area contributed by atoms with Crippen LogP contribution in [-0.2, 0) is 0 Å². The van der Waals surface area contributed by atoms with Crippen molar-refractivity contribution in [1.29, 1.82) is 0 Å². The first-order valence-electron chi connectivity index (χ1n) is 5.58. The third-order valence-corrected chi connectivity index (χ3v) is 3.13. The Hall–Kier alpha value is -0.470. The van der Waals surface area contributed by atoms with Crippen LogP contribution in [0, 0.1) is 12.8 Å². The van der Waals surface area contributed by atoms with Gasteiger partial charge in [0.25, 0.3) is 0 Å². The molecule has 84 valence electrons. The van der Waals surface area contributed by atoms with Gasteiger partial charge in [-0.2, -0.15) is 0 Å². The molecule has 0 spiro atoms. The maximum Gasteiger partial charge on any atom is 0.0106 e. The zero-order chi connectivity index (χ0) is 11.1. The fraction of sp³-hybridized carbons (Fsp3) is 0.538. The maximum atomic E-state index is 3.45. The van der Waals surface area contributed by atoms with Gasteiger partial charge in [0, 0.05) is 17.2 Å². The van der Waals surface area contributed by atoms with E-state index >= 15 is 0 Å². The van der Waals surface area contributed by atoms with Crippen LogP contribution in [0.5, 0.6) is 0 Å². The van der Waals surface area contributed by atoms with Crippen molar-refractivity contribution in [2.24, 2.45) is 5.92 Å². The Morgan fingerprint density at radius 2 is 1.87 bits per heavy atom.